The monoisotopic (exact) mass is 510 g/mol. The fourth-order valence-electron chi connectivity index (χ4n) is 3.54. The van der Waals surface area contributed by atoms with E-state index in [0.29, 0.717) is 18.7 Å². The van der Waals surface area contributed by atoms with Crippen LogP contribution in [0.5, 0.6) is 0 Å². The molecule has 3 rings (SSSR count). The number of urea groups is 1. The summed E-state index contributed by atoms with van der Waals surface area (Å²) in [6, 6.07) is 15.4. The third-order valence-electron chi connectivity index (χ3n) is 5.27. The van der Waals surface area contributed by atoms with Crippen molar-refractivity contribution in [1.82, 2.24) is 16.0 Å². The largest absolute Gasteiger partial charge is 0.481 e. The minimum atomic E-state index is -1.19. The molecule has 1 atom stereocenters. The van der Waals surface area contributed by atoms with E-state index in [1.165, 1.54) is 6.07 Å². The van der Waals surface area contributed by atoms with Crippen LogP contribution < -0.4 is 21.3 Å². The summed E-state index contributed by atoms with van der Waals surface area (Å²) in [6.45, 7) is 0.0423. The van der Waals surface area contributed by atoms with Gasteiger partial charge in [0, 0.05) is 30.6 Å². The van der Waals surface area contributed by atoms with Crippen molar-refractivity contribution in [3.05, 3.63) is 89.5 Å². The van der Waals surface area contributed by atoms with Crippen molar-refractivity contribution in [2.45, 2.75) is 30.8 Å². The van der Waals surface area contributed by atoms with Crippen LogP contribution in [0, 0.1) is 0 Å². The average Bonchev–Trinajstić information content (AvgIpc) is 2.85. The van der Waals surface area contributed by atoms with Gasteiger partial charge in [-0.3, -0.25) is 14.4 Å². The van der Waals surface area contributed by atoms with Gasteiger partial charge in [-0.05, 0) is 36.3 Å². The van der Waals surface area contributed by atoms with E-state index < -0.39 is 28.8 Å². The predicted octanol–water partition coefficient (Wildman–Crippen LogP) is 3.54. The Hall–Kier alpha value is -4.11. The van der Waals surface area contributed by atoms with Gasteiger partial charge in [-0.25, -0.2) is 4.79 Å². The average molecular weight is 511 g/mol. The third-order valence-corrected chi connectivity index (χ3v) is 5.63. The second-order valence-electron chi connectivity index (χ2n) is 8.22. The number of carboxylic acids is 1. The molecule has 36 heavy (non-hydrogen) atoms. The summed E-state index contributed by atoms with van der Waals surface area (Å²) < 4.78 is 0. The van der Waals surface area contributed by atoms with Crippen molar-refractivity contribution in [1.29, 1.82) is 0 Å². The zero-order chi connectivity index (χ0) is 26.0. The molecule has 0 bridgehead atoms. The van der Waals surface area contributed by atoms with Crippen LogP contribution in [0.4, 0.5) is 10.5 Å². The van der Waals surface area contributed by atoms with Gasteiger partial charge in [-0.1, -0.05) is 65.7 Å². The molecule has 4 amide bonds. The number of hydrogen-bond donors (Lipinski definition) is 5. The number of alkyl halides is 1. The van der Waals surface area contributed by atoms with Crippen LogP contribution in [0.2, 0.25) is 0 Å². The number of carboxylic acid groups (broad SMARTS) is 1. The first kappa shape index (κ1) is 26.5. The summed E-state index contributed by atoms with van der Waals surface area (Å²) in [5.41, 5.74) is 2.44. The molecule has 0 heterocycles. The lowest BCUT2D eigenvalue weighted by molar-refractivity contribution is -0.137. The van der Waals surface area contributed by atoms with E-state index in [2.05, 4.69) is 21.3 Å². The van der Waals surface area contributed by atoms with Gasteiger partial charge in [-0.2, -0.15) is 0 Å². The van der Waals surface area contributed by atoms with Crippen LogP contribution >= 0.6 is 11.6 Å². The number of aliphatic carboxylic acids is 1. The Morgan fingerprint density at radius 1 is 1.00 bits per heavy atom. The molecule has 2 aromatic rings. The molecule has 188 valence electrons. The first-order chi connectivity index (χ1) is 17.2. The molecule has 10 heteroatoms. The molecule has 0 radical (unpaired) electrons. The van der Waals surface area contributed by atoms with E-state index in [9.17, 15) is 19.2 Å². The molecule has 9 nitrogen and oxygen atoms in total. The van der Waals surface area contributed by atoms with Crippen LogP contribution in [0.15, 0.2) is 78.4 Å². The van der Waals surface area contributed by atoms with Gasteiger partial charge >= 0.3 is 12.0 Å². The maximum absolute atomic E-state index is 12.5. The van der Waals surface area contributed by atoms with E-state index in [-0.39, 0.29) is 24.9 Å². The lowest BCUT2D eigenvalue weighted by atomic mass is 9.96. The van der Waals surface area contributed by atoms with E-state index in [1.807, 2.05) is 30.3 Å². The van der Waals surface area contributed by atoms with Gasteiger partial charge in [0.15, 0.2) is 0 Å². The summed E-state index contributed by atoms with van der Waals surface area (Å²) in [4.78, 5) is 46.7. The highest BCUT2D eigenvalue weighted by molar-refractivity contribution is 6.26. The topological polar surface area (TPSA) is 137 Å². The van der Waals surface area contributed by atoms with Gasteiger partial charge < -0.3 is 26.4 Å². The summed E-state index contributed by atoms with van der Waals surface area (Å²) >= 11 is 6.48. The smallest absolute Gasteiger partial charge is 0.319 e. The molecule has 0 fully saturated rings. The third kappa shape index (κ3) is 8.59. The van der Waals surface area contributed by atoms with Gasteiger partial charge in [-0.15, -0.1) is 0 Å². The normalized spacial score (nSPS) is 16.4. The molecule has 0 aliphatic heterocycles. The summed E-state index contributed by atoms with van der Waals surface area (Å²) in [5, 5.41) is 19.5. The molecule has 2 aromatic carbocycles. The number of anilines is 1. The Morgan fingerprint density at radius 3 is 2.53 bits per heavy atom. The predicted molar refractivity (Wildman–Crippen MR) is 137 cm³/mol. The van der Waals surface area contributed by atoms with E-state index in [1.54, 1.807) is 36.4 Å². The van der Waals surface area contributed by atoms with Gasteiger partial charge in [0.1, 0.15) is 5.00 Å². The lowest BCUT2D eigenvalue weighted by Gasteiger charge is -2.28. The van der Waals surface area contributed by atoms with Crippen molar-refractivity contribution in [2.24, 2.45) is 0 Å². The Balaban J connectivity index is 1.46. The molecule has 1 aliphatic rings. The number of carbonyl (C=O) groups is 4. The van der Waals surface area contributed by atoms with Crippen LogP contribution in [0.3, 0.4) is 0 Å². The lowest BCUT2D eigenvalue weighted by Crippen LogP contribution is -2.47. The van der Waals surface area contributed by atoms with Crippen molar-refractivity contribution in [2.75, 3.05) is 11.9 Å². The van der Waals surface area contributed by atoms with Crippen molar-refractivity contribution >= 4 is 41.1 Å². The Bertz CT molecular complexity index is 1180. The first-order valence-corrected chi connectivity index (χ1v) is 11.7. The maximum Gasteiger partial charge on any atom is 0.319 e. The van der Waals surface area contributed by atoms with Gasteiger partial charge in [0.25, 0.3) is 5.91 Å². The minimum Gasteiger partial charge on any atom is -0.481 e. The first-order valence-electron chi connectivity index (χ1n) is 11.3. The second kappa shape index (κ2) is 12.6. The molecular weight excluding hydrogens is 484 g/mol. The fourth-order valence-corrected chi connectivity index (χ4v) is 3.89. The molecule has 0 saturated heterocycles. The minimum absolute atomic E-state index is 0.0285. The Kier molecular flexibility index (Phi) is 9.24. The number of rotatable bonds is 10. The van der Waals surface area contributed by atoms with Crippen molar-refractivity contribution in [3.63, 3.8) is 0 Å². The highest BCUT2D eigenvalue weighted by atomic mass is 35.5. The highest BCUT2D eigenvalue weighted by Gasteiger charge is 2.29. The number of benzene rings is 2. The molecule has 0 spiro atoms. The van der Waals surface area contributed by atoms with Gasteiger partial charge in [0.05, 0.1) is 6.54 Å². The fraction of sp³-hybridized carbons (Fsp3) is 0.231. The van der Waals surface area contributed by atoms with Crippen LogP contribution in [-0.2, 0) is 16.1 Å². The van der Waals surface area contributed by atoms with E-state index in [4.69, 9.17) is 16.7 Å². The number of carbonyl (C=O) groups excluding carboxylic acids is 3. The molecule has 0 aromatic heterocycles. The summed E-state index contributed by atoms with van der Waals surface area (Å²) in [5.74, 6) is -1.91. The summed E-state index contributed by atoms with van der Waals surface area (Å²) in [7, 11) is 0. The van der Waals surface area contributed by atoms with E-state index in [0.717, 1.165) is 11.1 Å². The number of allylic oxidation sites excluding steroid dienone is 2. The van der Waals surface area contributed by atoms with Gasteiger partial charge in [0.2, 0.25) is 5.91 Å². The second-order valence-corrected chi connectivity index (χ2v) is 8.90. The zero-order valence-corrected chi connectivity index (χ0v) is 20.2. The van der Waals surface area contributed by atoms with Crippen LogP contribution in [0.25, 0.3) is 0 Å². The number of hydrogen-bond acceptors (Lipinski definition) is 4. The maximum atomic E-state index is 12.5. The number of nitrogens with one attached hydrogen (secondary N) is 4. The number of amides is 4. The molecule has 0 saturated carbocycles. The Labute approximate surface area is 213 Å². The standard InChI is InChI=1S/C26H27ClN4O5/c27-26(13-5-8-18(15-26)11-12-23(33)34)31-22(32)17-28-24(35)20-9-4-10-21(14-20)30-25(36)29-16-19-6-2-1-3-7-19/h1-10,13-14H,11-12,15-17H2,(H,28,35)(H,31,32)(H,33,34)(H2,29,30,36). The van der Waals surface area contributed by atoms with Crippen LogP contribution in [-0.4, -0.2) is 40.5 Å². The molecule has 1 aliphatic carbocycles. The Morgan fingerprint density at radius 2 is 1.78 bits per heavy atom. The highest BCUT2D eigenvalue weighted by Crippen LogP contribution is 2.29. The SMILES string of the molecule is O=C(O)CCC1=CC=CC(Cl)(NC(=O)CNC(=O)c2cccc(NC(=O)NCc3ccccc3)c2)C1. The van der Waals surface area contributed by atoms with Crippen LogP contribution in [0.1, 0.15) is 35.2 Å². The van der Waals surface area contributed by atoms with Crippen molar-refractivity contribution in [3.8, 4) is 0 Å². The molecule has 1 unspecified atom stereocenters. The van der Waals surface area contributed by atoms with E-state index >= 15 is 0 Å². The quantitative estimate of drug-likeness (QED) is 0.246. The van der Waals surface area contributed by atoms with Crippen molar-refractivity contribution < 1.29 is 24.3 Å². The zero-order valence-electron chi connectivity index (χ0n) is 19.4. The molecule has 5 N–H and O–H groups in total. The molecular formula is C26H27ClN4O5. The summed E-state index contributed by atoms with van der Waals surface area (Å²) in [6.07, 6.45) is 5.62. The number of halogens is 1.